The molecule has 0 radical (unpaired) electrons. The monoisotopic (exact) mass is 268 g/mol. The van der Waals surface area contributed by atoms with E-state index in [1.807, 2.05) is 6.07 Å². The number of halogens is 1. The standard InChI is InChI=1S/C11H13ClN4S/c1-2-7(8-4-3-5-17-8)14-10-6-9(12)15-11(13)16-10/h3-7H,2H2,1H3,(H3,13,14,15,16). The SMILES string of the molecule is CCC(Nc1cc(Cl)nc(N)n1)c1cccs1. The Morgan fingerprint density at radius 2 is 2.35 bits per heavy atom. The summed E-state index contributed by atoms with van der Waals surface area (Å²) < 4.78 is 0. The van der Waals surface area contributed by atoms with Gasteiger partial charge in [0.15, 0.2) is 0 Å². The molecule has 0 saturated carbocycles. The lowest BCUT2D eigenvalue weighted by Crippen LogP contribution is -2.10. The van der Waals surface area contributed by atoms with Crippen LogP contribution in [0.2, 0.25) is 5.15 Å². The number of hydrogen-bond acceptors (Lipinski definition) is 5. The molecule has 0 spiro atoms. The molecule has 2 aromatic rings. The molecule has 17 heavy (non-hydrogen) atoms. The second kappa shape index (κ2) is 5.33. The van der Waals surface area contributed by atoms with Gasteiger partial charge in [0.05, 0.1) is 6.04 Å². The first-order valence-electron chi connectivity index (χ1n) is 5.29. The largest absolute Gasteiger partial charge is 0.368 e. The molecule has 1 atom stereocenters. The summed E-state index contributed by atoms with van der Waals surface area (Å²) in [5.74, 6) is 0.837. The van der Waals surface area contributed by atoms with Gasteiger partial charge in [-0.3, -0.25) is 0 Å². The molecule has 0 bridgehead atoms. The molecule has 0 aromatic carbocycles. The van der Waals surface area contributed by atoms with Crippen LogP contribution in [0.5, 0.6) is 0 Å². The van der Waals surface area contributed by atoms with E-state index >= 15 is 0 Å². The average Bonchev–Trinajstić information content (AvgIpc) is 2.77. The second-order valence-corrected chi connectivity index (χ2v) is 4.92. The van der Waals surface area contributed by atoms with Crippen LogP contribution < -0.4 is 11.1 Å². The van der Waals surface area contributed by atoms with Gasteiger partial charge in [-0.15, -0.1) is 11.3 Å². The molecule has 1 unspecified atom stereocenters. The van der Waals surface area contributed by atoms with Crippen molar-refractivity contribution >= 4 is 34.7 Å². The third-order valence-electron chi connectivity index (χ3n) is 2.33. The molecule has 6 heteroatoms. The van der Waals surface area contributed by atoms with Crippen LogP contribution in [0.4, 0.5) is 11.8 Å². The normalized spacial score (nSPS) is 12.4. The number of rotatable bonds is 4. The summed E-state index contributed by atoms with van der Waals surface area (Å²) in [5.41, 5.74) is 5.55. The molecule has 0 fully saturated rings. The van der Waals surface area contributed by atoms with Crippen molar-refractivity contribution in [3.05, 3.63) is 33.6 Å². The summed E-state index contributed by atoms with van der Waals surface area (Å²) in [7, 11) is 0. The first-order valence-corrected chi connectivity index (χ1v) is 6.54. The highest BCUT2D eigenvalue weighted by molar-refractivity contribution is 7.10. The molecule has 0 aliphatic carbocycles. The van der Waals surface area contributed by atoms with Crippen molar-refractivity contribution in [2.45, 2.75) is 19.4 Å². The van der Waals surface area contributed by atoms with Gasteiger partial charge >= 0.3 is 0 Å². The van der Waals surface area contributed by atoms with Gasteiger partial charge < -0.3 is 11.1 Å². The van der Waals surface area contributed by atoms with Crippen molar-refractivity contribution in [3.8, 4) is 0 Å². The number of nitrogens with zero attached hydrogens (tertiary/aromatic N) is 2. The molecule has 4 nitrogen and oxygen atoms in total. The van der Waals surface area contributed by atoms with Crippen molar-refractivity contribution in [2.24, 2.45) is 0 Å². The summed E-state index contributed by atoms with van der Waals surface area (Å²) in [5, 5.41) is 5.71. The molecule has 0 aliphatic heterocycles. The van der Waals surface area contributed by atoms with Crippen LogP contribution in [0.1, 0.15) is 24.3 Å². The predicted molar refractivity (Wildman–Crippen MR) is 72.4 cm³/mol. The van der Waals surface area contributed by atoms with Crippen molar-refractivity contribution in [1.29, 1.82) is 0 Å². The van der Waals surface area contributed by atoms with Crippen LogP contribution in [0.15, 0.2) is 23.6 Å². The molecule has 0 saturated heterocycles. The van der Waals surface area contributed by atoms with E-state index in [1.165, 1.54) is 4.88 Å². The van der Waals surface area contributed by atoms with Gasteiger partial charge in [0.25, 0.3) is 0 Å². The van der Waals surface area contributed by atoms with Crippen LogP contribution in [0.25, 0.3) is 0 Å². The fourth-order valence-corrected chi connectivity index (χ4v) is 2.60. The summed E-state index contributed by atoms with van der Waals surface area (Å²) in [6, 6.07) is 6.03. The van der Waals surface area contributed by atoms with E-state index in [1.54, 1.807) is 17.4 Å². The first-order chi connectivity index (χ1) is 8.19. The lowest BCUT2D eigenvalue weighted by atomic mass is 10.2. The minimum Gasteiger partial charge on any atom is -0.368 e. The Bertz CT molecular complexity index is 466. The van der Waals surface area contributed by atoms with E-state index in [2.05, 4.69) is 33.7 Å². The van der Waals surface area contributed by atoms with E-state index in [0.29, 0.717) is 11.0 Å². The lowest BCUT2D eigenvalue weighted by molar-refractivity contribution is 0.758. The summed E-state index contributed by atoms with van der Waals surface area (Å²) in [6.07, 6.45) is 0.960. The first kappa shape index (κ1) is 12.1. The maximum atomic E-state index is 5.83. The van der Waals surface area contributed by atoms with Crippen LogP contribution in [-0.4, -0.2) is 9.97 Å². The van der Waals surface area contributed by atoms with Gasteiger partial charge in [-0.05, 0) is 17.9 Å². The second-order valence-electron chi connectivity index (χ2n) is 3.55. The number of aromatic nitrogens is 2. The van der Waals surface area contributed by atoms with E-state index in [0.717, 1.165) is 6.42 Å². The Morgan fingerprint density at radius 3 is 2.94 bits per heavy atom. The molecule has 2 rings (SSSR count). The van der Waals surface area contributed by atoms with Crippen LogP contribution in [0, 0.1) is 0 Å². The Hall–Kier alpha value is -1.33. The molecule has 90 valence electrons. The fraction of sp³-hybridized carbons (Fsp3) is 0.273. The third-order valence-corrected chi connectivity index (χ3v) is 3.51. The van der Waals surface area contributed by atoms with E-state index in [4.69, 9.17) is 17.3 Å². The Kier molecular flexibility index (Phi) is 3.81. The number of thiophene rings is 1. The number of anilines is 2. The van der Waals surface area contributed by atoms with Gasteiger partial charge in [0.1, 0.15) is 11.0 Å². The highest BCUT2D eigenvalue weighted by Gasteiger charge is 2.11. The van der Waals surface area contributed by atoms with Gasteiger partial charge in [-0.1, -0.05) is 24.6 Å². The van der Waals surface area contributed by atoms with E-state index in [9.17, 15) is 0 Å². The minimum absolute atomic E-state index is 0.182. The third kappa shape index (κ3) is 3.08. The van der Waals surface area contributed by atoms with E-state index in [-0.39, 0.29) is 12.0 Å². The highest BCUT2D eigenvalue weighted by atomic mass is 35.5. The molecular weight excluding hydrogens is 256 g/mol. The molecule has 3 N–H and O–H groups in total. The zero-order chi connectivity index (χ0) is 12.3. The fourth-order valence-electron chi connectivity index (χ4n) is 1.55. The quantitative estimate of drug-likeness (QED) is 0.835. The van der Waals surface area contributed by atoms with E-state index < -0.39 is 0 Å². The van der Waals surface area contributed by atoms with Crippen LogP contribution in [-0.2, 0) is 0 Å². The van der Waals surface area contributed by atoms with Crippen LogP contribution in [0.3, 0.4) is 0 Å². The van der Waals surface area contributed by atoms with Crippen LogP contribution >= 0.6 is 22.9 Å². The number of nitrogens with one attached hydrogen (secondary N) is 1. The molecule has 2 aromatic heterocycles. The highest BCUT2D eigenvalue weighted by Crippen LogP contribution is 2.26. The van der Waals surface area contributed by atoms with Crippen molar-refractivity contribution in [1.82, 2.24) is 9.97 Å². The topological polar surface area (TPSA) is 63.8 Å². The van der Waals surface area contributed by atoms with Crippen molar-refractivity contribution < 1.29 is 0 Å². The number of nitrogen functional groups attached to an aromatic ring is 1. The smallest absolute Gasteiger partial charge is 0.223 e. The van der Waals surface area contributed by atoms with Crippen molar-refractivity contribution in [2.75, 3.05) is 11.1 Å². The van der Waals surface area contributed by atoms with Crippen molar-refractivity contribution in [3.63, 3.8) is 0 Å². The summed E-state index contributed by atoms with van der Waals surface area (Å²) in [6.45, 7) is 2.11. The Labute approximate surface area is 109 Å². The molecule has 0 aliphatic rings. The zero-order valence-corrected chi connectivity index (χ0v) is 10.9. The summed E-state index contributed by atoms with van der Waals surface area (Å²) in [4.78, 5) is 9.20. The maximum Gasteiger partial charge on any atom is 0.223 e. The number of nitrogens with two attached hydrogens (primary N) is 1. The average molecular weight is 269 g/mol. The lowest BCUT2D eigenvalue weighted by Gasteiger charge is -2.16. The number of hydrogen-bond donors (Lipinski definition) is 2. The molecule has 2 heterocycles. The molecular formula is C11H13ClN4S. The summed E-state index contributed by atoms with van der Waals surface area (Å²) >= 11 is 7.55. The minimum atomic E-state index is 0.182. The van der Waals surface area contributed by atoms with Gasteiger partial charge in [-0.25, -0.2) is 4.98 Å². The Balaban J connectivity index is 2.18. The van der Waals surface area contributed by atoms with Gasteiger partial charge in [0, 0.05) is 10.9 Å². The van der Waals surface area contributed by atoms with Gasteiger partial charge in [-0.2, -0.15) is 4.98 Å². The predicted octanol–water partition coefficient (Wildman–Crippen LogP) is 3.34. The Morgan fingerprint density at radius 1 is 1.53 bits per heavy atom. The zero-order valence-electron chi connectivity index (χ0n) is 9.35. The van der Waals surface area contributed by atoms with Gasteiger partial charge in [0.2, 0.25) is 5.95 Å². The molecule has 0 amide bonds. The maximum absolute atomic E-state index is 5.83.